The van der Waals surface area contributed by atoms with Gasteiger partial charge in [-0.05, 0) is 25.5 Å². The van der Waals surface area contributed by atoms with Crippen molar-refractivity contribution in [2.75, 3.05) is 11.5 Å². The summed E-state index contributed by atoms with van der Waals surface area (Å²) in [5.41, 5.74) is 0.975. The zero-order valence-electron chi connectivity index (χ0n) is 9.46. The van der Waals surface area contributed by atoms with Crippen LogP contribution in [0.25, 0.3) is 0 Å². The molecule has 1 saturated heterocycles. The molecule has 1 heterocycles. The van der Waals surface area contributed by atoms with Crippen molar-refractivity contribution in [1.29, 1.82) is 0 Å². The largest absolute Gasteiger partial charge is 0.229 e. The Bertz CT molecular complexity index is 612. The van der Waals surface area contributed by atoms with Crippen LogP contribution in [0.2, 0.25) is 0 Å². The third-order valence-corrected chi connectivity index (χ3v) is 7.17. The average Bonchev–Trinajstić information content (AvgIpc) is 2.60. The maximum absolute atomic E-state index is 12.2. The summed E-state index contributed by atoms with van der Waals surface area (Å²) in [6.07, 6.45) is 0.207. The molecule has 0 aliphatic carbocycles. The molecule has 4 nitrogen and oxygen atoms in total. The Morgan fingerprint density at radius 1 is 1.18 bits per heavy atom. The lowest BCUT2D eigenvalue weighted by molar-refractivity contribution is 0.582. The molecule has 0 unspecified atom stereocenters. The van der Waals surface area contributed by atoms with Gasteiger partial charge in [0.25, 0.3) is 0 Å². The molecule has 0 aromatic heterocycles. The number of rotatable bonds is 2. The van der Waals surface area contributed by atoms with Crippen molar-refractivity contribution >= 4 is 19.7 Å². The molecule has 0 bridgehead atoms. The molecule has 0 spiro atoms. The van der Waals surface area contributed by atoms with E-state index in [1.54, 1.807) is 12.1 Å². The van der Waals surface area contributed by atoms with Crippen molar-refractivity contribution in [1.82, 2.24) is 0 Å². The van der Waals surface area contributed by atoms with Crippen LogP contribution in [0.5, 0.6) is 0 Å². The monoisotopic (exact) mass is 274 g/mol. The molecule has 1 atom stereocenters. The van der Waals surface area contributed by atoms with Gasteiger partial charge in [-0.2, -0.15) is 0 Å². The van der Waals surface area contributed by atoms with E-state index in [9.17, 15) is 16.8 Å². The van der Waals surface area contributed by atoms with E-state index in [0.29, 0.717) is 0 Å². The van der Waals surface area contributed by atoms with Gasteiger partial charge in [-0.1, -0.05) is 17.7 Å². The first-order chi connectivity index (χ1) is 7.81. The van der Waals surface area contributed by atoms with Crippen LogP contribution in [-0.4, -0.2) is 33.6 Å². The Balaban J connectivity index is 2.35. The van der Waals surface area contributed by atoms with E-state index in [4.69, 9.17) is 0 Å². The molecule has 1 aliphatic heterocycles. The summed E-state index contributed by atoms with van der Waals surface area (Å²) in [5, 5.41) is -0.782. The lowest BCUT2D eigenvalue weighted by Crippen LogP contribution is -2.22. The minimum atomic E-state index is -3.51. The van der Waals surface area contributed by atoms with Gasteiger partial charge in [0.05, 0.1) is 21.7 Å². The molecule has 0 N–H and O–H groups in total. The van der Waals surface area contributed by atoms with Crippen molar-refractivity contribution in [2.24, 2.45) is 0 Å². The van der Waals surface area contributed by atoms with Gasteiger partial charge in [-0.15, -0.1) is 0 Å². The quantitative estimate of drug-likeness (QED) is 0.805. The summed E-state index contributed by atoms with van der Waals surface area (Å²) in [6, 6.07) is 6.51. The SMILES string of the molecule is Cc1ccc(S(=O)(=O)[C@H]2CCS(=O)(=O)C2)cc1. The van der Waals surface area contributed by atoms with Crippen LogP contribution in [0.15, 0.2) is 29.2 Å². The topological polar surface area (TPSA) is 68.3 Å². The van der Waals surface area contributed by atoms with E-state index >= 15 is 0 Å². The maximum atomic E-state index is 12.2. The Morgan fingerprint density at radius 3 is 2.24 bits per heavy atom. The van der Waals surface area contributed by atoms with Gasteiger partial charge >= 0.3 is 0 Å². The van der Waals surface area contributed by atoms with Crippen LogP contribution in [-0.2, 0) is 19.7 Å². The summed E-state index contributed by atoms with van der Waals surface area (Å²) in [7, 11) is -6.68. The van der Waals surface area contributed by atoms with Crippen LogP contribution in [0.4, 0.5) is 0 Å². The molecule has 17 heavy (non-hydrogen) atoms. The molecule has 1 fully saturated rings. The molecule has 1 aromatic carbocycles. The van der Waals surface area contributed by atoms with Gasteiger partial charge in [0, 0.05) is 0 Å². The maximum Gasteiger partial charge on any atom is 0.182 e. The fraction of sp³-hybridized carbons (Fsp3) is 0.455. The minimum absolute atomic E-state index is 0.0250. The van der Waals surface area contributed by atoms with Crippen molar-refractivity contribution in [2.45, 2.75) is 23.5 Å². The van der Waals surface area contributed by atoms with Crippen molar-refractivity contribution in [3.05, 3.63) is 29.8 Å². The highest BCUT2D eigenvalue weighted by Crippen LogP contribution is 2.25. The predicted molar refractivity (Wildman–Crippen MR) is 65.4 cm³/mol. The van der Waals surface area contributed by atoms with Gasteiger partial charge < -0.3 is 0 Å². The van der Waals surface area contributed by atoms with Crippen LogP contribution in [0.3, 0.4) is 0 Å². The zero-order valence-corrected chi connectivity index (χ0v) is 11.1. The molecule has 6 heteroatoms. The van der Waals surface area contributed by atoms with Crippen molar-refractivity contribution in [3.63, 3.8) is 0 Å². The van der Waals surface area contributed by atoms with Crippen LogP contribution in [0, 0.1) is 6.92 Å². The second kappa shape index (κ2) is 4.10. The van der Waals surface area contributed by atoms with Crippen molar-refractivity contribution < 1.29 is 16.8 Å². The normalized spacial score (nSPS) is 23.7. The number of hydrogen-bond acceptors (Lipinski definition) is 4. The van der Waals surface area contributed by atoms with E-state index in [0.717, 1.165) is 5.56 Å². The van der Waals surface area contributed by atoms with Gasteiger partial charge in [0.2, 0.25) is 0 Å². The van der Waals surface area contributed by atoms with Crippen LogP contribution >= 0.6 is 0 Å². The fourth-order valence-electron chi connectivity index (χ4n) is 1.93. The third kappa shape index (κ3) is 2.52. The van der Waals surface area contributed by atoms with Gasteiger partial charge in [-0.3, -0.25) is 0 Å². The lowest BCUT2D eigenvalue weighted by atomic mass is 10.2. The first-order valence-corrected chi connectivity index (χ1v) is 8.69. The molecule has 2 rings (SSSR count). The number of hydrogen-bond donors (Lipinski definition) is 0. The third-order valence-electron chi connectivity index (χ3n) is 2.98. The summed E-state index contributed by atoms with van der Waals surface area (Å²) < 4.78 is 47.0. The molecule has 0 saturated carbocycles. The number of sulfone groups is 2. The van der Waals surface area contributed by atoms with Gasteiger partial charge in [-0.25, -0.2) is 16.8 Å². The minimum Gasteiger partial charge on any atom is -0.229 e. The summed E-state index contributed by atoms with van der Waals surface area (Å²) in [6.45, 7) is 1.87. The molecular formula is C11H14O4S2. The van der Waals surface area contributed by atoms with Crippen LogP contribution in [0.1, 0.15) is 12.0 Å². The highest BCUT2D eigenvalue weighted by atomic mass is 32.2. The Hall–Kier alpha value is -0.880. The van der Waals surface area contributed by atoms with E-state index in [1.807, 2.05) is 6.92 Å². The Morgan fingerprint density at radius 2 is 1.76 bits per heavy atom. The fourth-order valence-corrected chi connectivity index (χ4v) is 6.29. The average molecular weight is 274 g/mol. The molecule has 1 aliphatic rings. The first kappa shape index (κ1) is 12.6. The predicted octanol–water partition coefficient (Wildman–Crippen LogP) is 0.956. The molecule has 94 valence electrons. The van der Waals surface area contributed by atoms with E-state index in [1.165, 1.54) is 12.1 Å². The second-order valence-corrected chi connectivity index (χ2v) is 8.84. The summed E-state index contributed by atoms with van der Waals surface area (Å²) >= 11 is 0. The summed E-state index contributed by atoms with van der Waals surface area (Å²) in [5.74, 6) is -0.272. The van der Waals surface area contributed by atoms with E-state index < -0.39 is 24.9 Å². The number of aryl methyl sites for hydroxylation is 1. The second-order valence-electron chi connectivity index (χ2n) is 4.38. The van der Waals surface area contributed by atoms with Crippen molar-refractivity contribution in [3.8, 4) is 0 Å². The van der Waals surface area contributed by atoms with Gasteiger partial charge in [0.15, 0.2) is 19.7 Å². The highest BCUT2D eigenvalue weighted by Gasteiger charge is 2.37. The first-order valence-electron chi connectivity index (χ1n) is 5.32. The molecule has 0 amide bonds. The highest BCUT2D eigenvalue weighted by molar-refractivity contribution is 7.96. The Kier molecular flexibility index (Phi) is 3.03. The standard InChI is InChI=1S/C11H14O4S2/c1-9-2-4-10(5-3-9)17(14,15)11-6-7-16(12,13)8-11/h2-5,11H,6-8H2,1H3/t11-/m0/s1. The van der Waals surface area contributed by atoms with E-state index in [-0.39, 0.29) is 22.8 Å². The molecule has 0 radical (unpaired) electrons. The van der Waals surface area contributed by atoms with E-state index in [2.05, 4.69) is 0 Å². The zero-order chi connectivity index (χ0) is 12.7. The van der Waals surface area contributed by atoms with Crippen LogP contribution < -0.4 is 0 Å². The van der Waals surface area contributed by atoms with Gasteiger partial charge in [0.1, 0.15) is 0 Å². The number of benzene rings is 1. The Labute approximate surface area is 102 Å². The lowest BCUT2D eigenvalue weighted by Gasteiger charge is -2.09. The molecular weight excluding hydrogens is 260 g/mol. The molecule has 1 aromatic rings. The summed E-state index contributed by atoms with van der Waals surface area (Å²) in [4.78, 5) is 0.213. The smallest absolute Gasteiger partial charge is 0.182 e.